The van der Waals surface area contributed by atoms with E-state index in [1.807, 2.05) is 13.8 Å². The van der Waals surface area contributed by atoms with E-state index in [0.717, 1.165) is 18.2 Å². The largest absolute Gasteiger partial charge is 0.370 e. The number of benzene rings is 1. The average Bonchev–Trinajstić information content (AvgIpc) is 2.39. The van der Waals surface area contributed by atoms with Gasteiger partial charge in [0.25, 0.3) is 0 Å². The highest BCUT2D eigenvalue weighted by molar-refractivity contribution is 5.68. The van der Waals surface area contributed by atoms with Crippen LogP contribution in [-0.2, 0) is 6.42 Å². The molecule has 0 atom stereocenters. The molecule has 0 aliphatic heterocycles. The van der Waals surface area contributed by atoms with E-state index in [-0.39, 0.29) is 0 Å². The zero-order valence-electron chi connectivity index (χ0n) is 10.9. The molecule has 0 saturated carbocycles. The third-order valence-electron chi connectivity index (χ3n) is 2.83. The lowest BCUT2D eigenvalue weighted by molar-refractivity contribution is 0.585. The number of anilines is 1. The van der Waals surface area contributed by atoms with E-state index in [1.54, 1.807) is 0 Å². The highest BCUT2D eigenvalue weighted by Gasteiger charge is 2.14. The van der Waals surface area contributed by atoms with Gasteiger partial charge in [0.1, 0.15) is 23.8 Å². The van der Waals surface area contributed by atoms with Crippen molar-refractivity contribution in [2.75, 3.05) is 11.9 Å². The summed E-state index contributed by atoms with van der Waals surface area (Å²) < 4.78 is 26.8. The summed E-state index contributed by atoms with van der Waals surface area (Å²) in [4.78, 5) is 8.29. The lowest BCUT2D eigenvalue weighted by atomic mass is 10.0. The topological polar surface area (TPSA) is 37.8 Å². The zero-order chi connectivity index (χ0) is 13.8. The molecule has 19 heavy (non-hydrogen) atoms. The number of nitrogens with zero attached hydrogens (tertiary/aromatic N) is 2. The maximum absolute atomic E-state index is 13.8. The van der Waals surface area contributed by atoms with Crippen LogP contribution in [0, 0.1) is 11.6 Å². The van der Waals surface area contributed by atoms with Crippen molar-refractivity contribution in [1.29, 1.82) is 0 Å². The Morgan fingerprint density at radius 1 is 1.16 bits per heavy atom. The molecule has 100 valence electrons. The predicted molar refractivity (Wildman–Crippen MR) is 70.9 cm³/mol. The molecule has 0 saturated heterocycles. The van der Waals surface area contributed by atoms with E-state index < -0.39 is 11.6 Å². The molecule has 5 heteroatoms. The Morgan fingerprint density at radius 2 is 1.95 bits per heavy atom. The van der Waals surface area contributed by atoms with Gasteiger partial charge in [-0.3, -0.25) is 0 Å². The smallest absolute Gasteiger partial charge is 0.135 e. The molecule has 0 bridgehead atoms. The number of hydrogen-bond acceptors (Lipinski definition) is 3. The Bertz CT molecular complexity index is 585. The second-order valence-electron chi connectivity index (χ2n) is 4.06. The minimum atomic E-state index is -0.615. The summed E-state index contributed by atoms with van der Waals surface area (Å²) in [5.74, 6) is -0.519. The number of aromatic nitrogens is 2. The molecule has 2 rings (SSSR count). The monoisotopic (exact) mass is 263 g/mol. The van der Waals surface area contributed by atoms with Crippen LogP contribution in [0.3, 0.4) is 0 Å². The second-order valence-corrected chi connectivity index (χ2v) is 4.06. The molecular formula is C14H15F2N3. The molecule has 0 spiro atoms. The lowest BCUT2D eigenvalue weighted by Gasteiger charge is -2.12. The molecule has 0 aliphatic carbocycles. The first-order valence-electron chi connectivity index (χ1n) is 6.20. The van der Waals surface area contributed by atoms with Gasteiger partial charge in [-0.25, -0.2) is 18.7 Å². The van der Waals surface area contributed by atoms with Gasteiger partial charge >= 0.3 is 0 Å². The Kier molecular flexibility index (Phi) is 4.04. The van der Waals surface area contributed by atoms with Gasteiger partial charge in [-0.15, -0.1) is 0 Å². The zero-order valence-corrected chi connectivity index (χ0v) is 10.9. The first kappa shape index (κ1) is 13.4. The van der Waals surface area contributed by atoms with Crippen molar-refractivity contribution < 1.29 is 8.78 Å². The standard InChI is InChI=1S/C14H15F2N3/c1-3-10-13(18-8-19-14(10)17-4-2)11-6-5-9(15)7-12(11)16/h5-8H,3-4H2,1-2H3,(H,17,18,19). The van der Waals surface area contributed by atoms with Crippen molar-refractivity contribution in [1.82, 2.24) is 9.97 Å². The number of halogens is 2. The predicted octanol–water partition coefficient (Wildman–Crippen LogP) is 3.42. The molecule has 0 amide bonds. The van der Waals surface area contributed by atoms with Crippen LogP contribution in [0.25, 0.3) is 11.3 Å². The van der Waals surface area contributed by atoms with E-state index in [0.29, 0.717) is 23.5 Å². The van der Waals surface area contributed by atoms with Crippen LogP contribution in [-0.4, -0.2) is 16.5 Å². The fourth-order valence-electron chi connectivity index (χ4n) is 1.98. The number of rotatable bonds is 4. The van der Waals surface area contributed by atoms with Crippen molar-refractivity contribution in [3.8, 4) is 11.3 Å². The molecule has 2 aromatic rings. The van der Waals surface area contributed by atoms with E-state index >= 15 is 0 Å². The summed E-state index contributed by atoms with van der Waals surface area (Å²) in [5.41, 5.74) is 1.63. The molecule has 1 heterocycles. The molecular weight excluding hydrogens is 248 g/mol. The Morgan fingerprint density at radius 3 is 2.58 bits per heavy atom. The van der Waals surface area contributed by atoms with E-state index in [4.69, 9.17) is 0 Å². The summed E-state index contributed by atoms with van der Waals surface area (Å²) in [6.07, 6.45) is 2.05. The highest BCUT2D eigenvalue weighted by Crippen LogP contribution is 2.28. The van der Waals surface area contributed by atoms with Gasteiger partial charge in [0.15, 0.2) is 0 Å². The Labute approximate surface area is 110 Å². The molecule has 0 unspecified atom stereocenters. The average molecular weight is 263 g/mol. The Hall–Kier alpha value is -2.04. The highest BCUT2D eigenvalue weighted by atomic mass is 19.1. The second kappa shape index (κ2) is 5.73. The van der Waals surface area contributed by atoms with Crippen molar-refractivity contribution in [2.24, 2.45) is 0 Å². The Balaban J connectivity index is 2.58. The van der Waals surface area contributed by atoms with E-state index in [9.17, 15) is 8.78 Å². The number of nitrogens with one attached hydrogen (secondary N) is 1. The van der Waals surface area contributed by atoms with E-state index in [2.05, 4.69) is 15.3 Å². The summed E-state index contributed by atoms with van der Waals surface area (Å²) >= 11 is 0. The van der Waals surface area contributed by atoms with Crippen LogP contribution in [0.1, 0.15) is 19.4 Å². The summed E-state index contributed by atoms with van der Waals surface area (Å²) in [7, 11) is 0. The normalized spacial score (nSPS) is 10.5. The van der Waals surface area contributed by atoms with Crippen molar-refractivity contribution in [2.45, 2.75) is 20.3 Å². The van der Waals surface area contributed by atoms with Crippen LogP contribution in [0.2, 0.25) is 0 Å². The fourth-order valence-corrected chi connectivity index (χ4v) is 1.98. The number of hydrogen-bond donors (Lipinski definition) is 1. The maximum Gasteiger partial charge on any atom is 0.135 e. The summed E-state index contributed by atoms with van der Waals surface area (Å²) in [6, 6.07) is 3.50. The van der Waals surface area contributed by atoms with Crippen LogP contribution >= 0.6 is 0 Å². The van der Waals surface area contributed by atoms with Gasteiger partial charge in [0, 0.05) is 23.7 Å². The van der Waals surface area contributed by atoms with Crippen LogP contribution < -0.4 is 5.32 Å². The van der Waals surface area contributed by atoms with Gasteiger partial charge in [-0.1, -0.05) is 6.92 Å². The van der Waals surface area contributed by atoms with Crippen LogP contribution in [0.4, 0.5) is 14.6 Å². The van der Waals surface area contributed by atoms with Gasteiger partial charge in [-0.2, -0.15) is 0 Å². The minimum Gasteiger partial charge on any atom is -0.370 e. The molecule has 1 aromatic heterocycles. The molecule has 0 fully saturated rings. The third-order valence-corrected chi connectivity index (χ3v) is 2.83. The van der Waals surface area contributed by atoms with Gasteiger partial charge < -0.3 is 5.32 Å². The lowest BCUT2D eigenvalue weighted by Crippen LogP contribution is -2.06. The van der Waals surface area contributed by atoms with E-state index in [1.165, 1.54) is 18.5 Å². The fraction of sp³-hybridized carbons (Fsp3) is 0.286. The minimum absolute atomic E-state index is 0.291. The quantitative estimate of drug-likeness (QED) is 0.918. The first-order chi connectivity index (χ1) is 9.17. The maximum atomic E-state index is 13.8. The summed E-state index contributed by atoms with van der Waals surface area (Å²) in [5, 5.41) is 3.12. The van der Waals surface area contributed by atoms with Crippen molar-refractivity contribution in [3.63, 3.8) is 0 Å². The van der Waals surface area contributed by atoms with Crippen molar-refractivity contribution >= 4 is 5.82 Å². The molecule has 0 aliphatic rings. The van der Waals surface area contributed by atoms with Gasteiger partial charge in [0.05, 0.1) is 5.69 Å². The molecule has 0 radical (unpaired) electrons. The molecule has 1 aromatic carbocycles. The third kappa shape index (κ3) is 2.70. The molecule has 1 N–H and O–H groups in total. The van der Waals surface area contributed by atoms with Crippen LogP contribution in [0.15, 0.2) is 24.5 Å². The van der Waals surface area contributed by atoms with Crippen molar-refractivity contribution in [3.05, 3.63) is 41.7 Å². The van der Waals surface area contributed by atoms with Gasteiger partial charge in [0.2, 0.25) is 0 Å². The molecule has 3 nitrogen and oxygen atoms in total. The van der Waals surface area contributed by atoms with Crippen LogP contribution in [0.5, 0.6) is 0 Å². The summed E-state index contributed by atoms with van der Waals surface area (Å²) in [6.45, 7) is 4.62. The van der Waals surface area contributed by atoms with Gasteiger partial charge in [-0.05, 0) is 25.5 Å². The SMILES string of the molecule is CCNc1ncnc(-c2ccc(F)cc2F)c1CC. The first-order valence-corrected chi connectivity index (χ1v) is 6.20.